The van der Waals surface area contributed by atoms with E-state index in [0.717, 1.165) is 17.0 Å². The first kappa shape index (κ1) is 11.9. The maximum atomic E-state index is 5.91. The molecule has 2 rings (SSSR count). The van der Waals surface area contributed by atoms with Crippen LogP contribution in [0.1, 0.15) is 38.9 Å². The molecule has 0 spiro atoms. The van der Waals surface area contributed by atoms with E-state index in [9.17, 15) is 0 Å². The first-order valence-corrected chi connectivity index (χ1v) is 6.01. The monoisotopic (exact) mass is 240 g/mol. The zero-order valence-electron chi connectivity index (χ0n) is 9.87. The zero-order chi connectivity index (χ0) is 11.8. The third kappa shape index (κ3) is 2.40. The fourth-order valence-electron chi connectivity index (χ4n) is 2.07. The second-order valence-corrected chi connectivity index (χ2v) is 4.99. The molecule has 1 aliphatic heterocycles. The predicted octanol–water partition coefficient (Wildman–Crippen LogP) is 3.94. The highest BCUT2D eigenvalue weighted by molar-refractivity contribution is 6.30. The molecule has 0 bridgehead atoms. The number of hydrogen-bond acceptors (Lipinski definition) is 2. The highest BCUT2D eigenvalue weighted by Crippen LogP contribution is 2.39. The predicted molar refractivity (Wildman–Crippen MR) is 64.5 cm³/mol. The minimum Gasteiger partial charge on any atom is -0.344 e. The van der Waals surface area contributed by atoms with Crippen LogP contribution in [0.2, 0.25) is 5.02 Å². The Labute approximate surface area is 102 Å². The summed E-state index contributed by atoms with van der Waals surface area (Å²) in [7, 11) is 0. The number of benzene rings is 1. The van der Waals surface area contributed by atoms with Crippen LogP contribution in [0.5, 0.6) is 0 Å². The number of halogens is 1. The lowest BCUT2D eigenvalue weighted by Gasteiger charge is -2.17. The first-order valence-electron chi connectivity index (χ1n) is 5.63. The Kier molecular flexibility index (Phi) is 3.24. The molecule has 0 unspecified atom stereocenters. The highest BCUT2D eigenvalue weighted by Gasteiger charge is 2.40. The smallest absolute Gasteiger partial charge is 0.164 e. The summed E-state index contributed by atoms with van der Waals surface area (Å²) in [6.45, 7) is 6.01. The number of rotatable bonds is 2. The molecule has 3 heteroatoms. The van der Waals surface area contributed by atoms with Crippen LogP contribution in [0.4, 0.5) is 0 Å². The van der Waals surface area contributed by atoms with Gasteiger partial charge in [-0.1, -0.05) is 30.7 Å². The van der Waals surface area contributed by atoms with Gasteiger partial charge in [-0.05, 0) is 38.0 Å². The van der Waals surface area contributed by atoms with Gasteiger partial charge >= 0.3 is 0 Å². The van der Waals surface area contributed by atoms with Crippen LogP contribution in [-0.4, -0.2) is 11.9 Å². The second-order valence-electron chi connectivity index (χ2n) is 4.55. The normalized spacial score (nSPS) is 28.2. The molecular formula is C13H17ClO2. The highest BCUT2D eigenvalue weighted by atomic mass is 35.5. The molecule has 88 valence electrons. The van der Waals surface area contributed by atoms with Gasteiger partial charge in [0.1, 0.15) is 6.10 Å². The maximum Gasteiger partial charge on any atom is 0.164 e. The maximum absolute atomic E-state index is 5.91. The molecule has 0 amide bonds. The molecule has 0 aliphatic carbocycles. The molecule has 0 radical (unpaired) electrons. The van der Waals surface area contributed by atoms with Gasteiger partial charge in [-0.3, -0.25) is 0 Å². The van der Waals surface area contributed by atoms with E-state index in [4.69, 9.17) is 21.1 Å². The van der Waals surface area contributed by atoms with Crippen molar-refractivity contribution >= 4 is 11.6 Å². The molecule has 0 aromatic heterocycles. The molecule has 1 heterocycles. The second kappa shape index (κ2) is 4.36. The van der Waals surface area contributed by atoms with Gasteiger partial charge in [0.05, 0.1) is 6.10 Å². The lowest BCUT2D eigenvalue weighted by Crippen LogP contribution is -2.21. The van der Waals surface area contributed by atoms with Gasteiger partial charge in [0, 0.05) is 5.02 Å². The summed E-state index contributed by atoms with van der Waals surface area (Å²) in [5.41, 5.74) is 1.13. The topological polar surface area (TPSA) is 18.5 Å². The van der Waals surface area contributed by atoms with Crippen molar-refractivity contribution in [1.29, 1.82) is 0 Å². The van der Waals surface area contributed by atoms with E-state index >= 15 is 0 Å². The van der Waals surface area contributed by atoms with Gasteiger partial charge in [0.25, 0.3) is 0 Å². The van der Waals surface area contributed by atoms with Crippen molar-refractivity contribution in [3.63, 3.8) is 0 Å². The quantitative estimate of drug-likeness (QED) is 0.780. The molecule has 0 N–H and O–H groups in total. The van der Waals surface area contributed by atoms with Gasteiger partial charge in [-0.15, -0.1) is 0 Å². The molecule has 16 heavy (non-hydrogen) atoms. The average Bonchev–Trinajstić information content (AvgIpc) is 2.55. The van der Waals surface area contributed by atoms with Crippen LogP contribution in [0, 0.1) is 0 Å². The zero-order valence-corrected chi connectivity index (χ0v) is 10.6. The Hall–Kier alpha value is -0.570. The van der Waals surface area contributed by atoms with Crippen molar-refractivity contribution in [3.8, 4) is 0 Å². The van der Waals surface area contributed by atoms with Gasteiger partial charge in [-0.25, -0.2) is 0 Å². The Morgan fingerprint density at radius 1 is 1.19 bits per heavy atom. The van der Waals surface area contributed by atoms with Gasteiger partial charge in [-0.2, -0.15) is 0 Å². The summed E-state index contributed by atoms with van der Waals surface area (Å²) in [5.74, 6) is -0.495. The summed E-state index contributed by atoms with van der Waals surface area (Å²) in [5, 5.41) is 0.745. The van der Waals surface area contributed by atoms with Crippen molar-refractivity contribution in [2.75, 3.05) is 0 Å². The lowest BCUT2D eigenvalue weighted by molar-refractivity contribution is -0.147. The molecule has 1 fully saturated rings. The fraction of sp³-hybridized carbons (Fsp3) is 0.538. The minimum atomic E-state index is -0.495. The molecule has 2 nitrogen and oxygen atoms in total. The van der Waals surface area contributed by atoms with Crippen LogP contribution < -0.4 is 0 Å². The Morgan fingerprint density at radius 2 is 1.81 bits per heavy atom. The summed E-state index contributed by atoms with van der Waals surface area (Å²) < 4.78 is 11.8. The van der Waals surface area contributed by atoms with E-state index in [2.05, 4.69) is 6.92 Å². The van der Waals surface area contributed by atoms with Crippen LogP contribution in [-0.2, 0) is 9.47 Å². The number of hydrogen-bond donors (Lipinski definition) is 0. The average molecular weight is 241 g/mol. The number of ether oxygens (including phenoxy) is 2. The van der Waals surface area contributed by atoms with Crippen molar-refractivity contribution in [3.05, 3.63) is 34.9 Å². The van der Waals surface area contributed by atoms with Gasteiger partial charge in [0.15, 0.2) is 5.79 Å². The van der Waals surface area contributed by atoms with Crippen LogP contribution in [0.15, 0.2) is 24.3 Å². The third-order valence-electron chi connectivity index (χ3n) is 2.78. The first-order chi connectivity index (χ1) is 7.52. The van der Waals surface area contributed by atoms with E-state index in [1.807, 2.05) is 38.1 Å². The van der Waals surface area contributed by atoms with Crippen molar-refractivity contribution in [2.45, 2.75) is 45.2 Å². The van der Waals surface area contributed by atoms with E-state index in [1.54, 1.807) is 0 Å². The van der Waals surface area contributed by atoms with E-state index in [1.165, 1.54) is 0 Å². The summed E-state index contributed by atoms with van der Waals surface area (Å²) in [6, 6.07) is 7.78. The molecular weight excluding hydrogens is 224 g/mol. The molecule has 0 saturated carbocycles. The standard InChI is InChI=1S/C13H17ClO2/c1-4-11-12(16-13(2,3)15-11)9-5-7-10(14)8-6-9/h5-8,11-12H,4H2,1-3H3/t11-,12-/m1/s1. The Morgan fingerprint density at radius 3 is 2.38 bits per heavy atom. The lowest BCUT2D eigenvalue weighted by atomic mass is 10.0. The SMILES string of the molecule is CC[C@H]1OC(C)(C)O[C@@H]1c1ccc(Cl)cc1. The molecule has 1 aliphatic rings. The van der Waals surface area contributed by atoms with Crippen LogP contribution >= 0.6 is 11.6 Å². The molecule has 1 aromatic rings. The third-order valence-corrected chi connectivity index (χ3v) is 3.04. The Balaban J connectivity index is 2.23. The largest absolute Gasteiger partial charge is 0.344 e. The van der Waals surface area contributed by atoms with Crippen molar-refractivity contribution in [2.24, 2.45) is 0 Å². The van der Waals surface area contributed by atoms with Gasteiger partial charge < -0.3 is 9.47 Å². The van der Waals surface area contributed by atoms with Crippen molar-refractivity contribution in [1.82, 2.24) is 0 Å². The summed E-state index contributed by atoms with van der Waals surface area (Å²) in [4.78, 5) is 0. The summed E-state index contributed by atoms with van der Waals surface area (Å²) in [6.07, 6.45) is 1.07. The van der Waals surface area contributed by atoms with Crippen LogP contribution in [0.25, 0.3) is 0 Å². The van der Waals surface area contributed by atoms with Crippen LogP contribution in [0.3, 0.4) is 0 Å². The van der Waals surface area contributed by atoms with E-state index in [0.29, 0.717) is 0 Å². The molecule has 1 aromatic carbocycles. The molecule has 1 saturated heterocycles. The fourth-order valence-corrected chi connectivity index (χ4v) is 2.19. The Bertz CT molecular complexity index is 359. The van der Waals surface area contributed by atoms with Crippen molar-refractivity contribution < 1.29 is 9.47 Å². The van der Waals surface area contributed by atoms with Gasteiger partial charge in [0.2, 0.25) is 0 Å². The van der Waals surface area contributed by atoms with E-state index < -0.39 is 5.79 Å². The van der Waals surface area contributed by atoms with E-state index in [-0.39, 0.29) is 12.2 Å². The molecule has 2 atom stereocenters. The minimum absolute atomic E-state index is 0.0114. The summed E-state index contributed by atoms with van der Waals surface area (Å²) >= 11 is 5.87.